The van der Waals surface area contributed by atoms with E-state index < -0.39 is 0 Å². The zero-order valence-electron chi connectivity index (χ0n) is 41.5. The Morgan fingerprint density at radius 2 is 0.919 bits per heavy atom. The van der Waals surface area contributed by atoms with Crippen LogP contribution >= 0.6 is 0 Å². The molecule has 0 saturated carbocycles. The van der Waals surface area contributed by atoms with Crippen molar-refractivity contribution in [1.82, 2.24) is 58.6 Å². The van der Waals surface area contributed by atoms with Crippen molar-refractivity contribution in [2.24, 2.45) is 17.8 Å². The summed E-state index contributed by atoms with van der Waals surface area (Å²) in [6.45, 7) is 8.75. The Morgan fingerprint density at radius 3 is 1.36 bits per heavy atom. The van der Waals surface area contributed by atoms with Gasteiger partial charge in [-0.25, -0.2) is 44.9 Å². The van der Waals surface area contributed by atoms with Crippen molar-refractivity contribution < 1.29 is 0 Å². The smallest absolute Gasteiger partial charge is 0.280 e. The van der Waals surface area contributed by atoms with Crippen molar-refractivity contribution >= 4 is 33.1 Å². The number of pyridine rings is 6. The lowest BCUT2D eigenvalue weighted by molar-refractivity contribution is 0.346. The highest BCUT2D eigenvalue weighted by atomic mass is 16.1. The molecule has 15 heteroatoms. The average molecular weight is 977 g/mol. The van der Waals surface area contributed by atoms with Crippen LogP contribution in [0.1, 0.15) is 104 Å². The van der Waals surface area contributed by atoms with Crippen LogP contribution in [0.15, 0.2) is 124 Å². The lowest BCUT2D eigenvalue weighted by atomic mass is 9.95. The summed E-state index contributed by atoms with van der Waals surface area (Å²) >= 11 is 0. The van der Waals surface area contributed by atoms with Gasteiger partial charge in [0, 0.05) is 92.8 Å². The lowest BCUT2D eigenvalue weighted by Gasteiger charge is -2.24. The van der Waals surface area contributed by atoms with E-state index in [0.717, 1.165) is 105 Å². The van der Waals surface area contributed by atoms with Gasteiger partial charge in [-0.05, 0) is 109 Å². The third-order valence-electron chi connectivity index (χ3n) is 13.6. The molecule has 3 unspecified atom stereocenters. The SMILES string of the molecule is CC1CCn2c(nc3cc(C#Cc4ccccn4)cnc3c2=O)C1.CCC1CCc2nc3cc(C#Cc4ccccn4)cnc3c(=O)n2C1.CCC1CCn2c(nc3cc(C#Cc4ccccn4)cnc3c2=O)C1. The first-order valence-corrected chi connectivity index (χ1v) is 25.2. The summed E-state index contributed by atoms with van der Waals surface area (Å²) < 4.78 is 5.33. The number of fused-ring (bicyclic) bond motifs is 6. The van der Waals surface area contributed by atoms with Gasteiger partial charge in [0.05, 0.1) is 16.6 Å². The van der Waals surface area contributed by atoms with Gasteiger partial charge >= 0.3 is 0 Å². The molecule has 0 bridgehead atoms. The van der Waals surface area contributed by atoms with Crippen molar-refractivity contribution in [3.05, 3.63) is 192 Å². The van der Waals surface area contributed by atoms with E-state index in [1.807, 2.05) is 72.8 Å². The van der Waals surface area contributed by atoms with E-state index in [1.165, 1.54) is 0 Å². The molecule has 0 amide bonds. The highest BCUT2D eigenvalue weighted by Crippen LogP contribution is 2.24. The van der Waals surface area contributed by atoms with Gasteiger partial charge in [0.1, 0.15) is 34.6 Å². The second-order valence-electron chi connectivity index (χ2n) is 18.8. The summed E-state index contributed by atoms with van der Waals surface area (Å²) in [6, 6.07) is 22.3. The van der Waals surface area contributed by atoms with Gasteiger partial charge in [-0.2, -0.15) is 0 Å². The Labute approximate surface area is 427 Å². The average Bonchev–Trinajstić information content (AvgIpc) is 3.44. The highest BCUT2D eigenvalue weighted by molar-refractivity contribution is 5.76. The molecule has 3 aliphatic rings. The van der Waals surface area contributed by atoms with E-state index in [2.05, 4.69) is 96.2 Å². The molecule has 0 radical (unpaired) electrons. The highest BCUT2D eigenvalue weighted by Gasteiger charge is 2.23. The molecule has 0 fully saturated rings. The standard InChI is InChI=1S/2C20H18N4O.C19H16N4O/c1-2-14-7-9-18-23-17-11-15(6-8-16-5-3-4-10-21-16)12-22-19(17)20(25)24(18)13-14;1-2-14-8-10-24-18(12-14)23-17-11-15(13-22-19(17)20(24)25)6-7-16-5-3-4-9-21-16;1-13-7-9-23-17(10-13)22-16-11-14(12-21-18(16)19(23)24)5-6-15-4-2-3-8-20-15/h3-5,10-12,14H,2,7,9,13H2,1H3;3-5,9,11,13-14H,2,8,10,12H2,1H3;2-4,8,11-13H,7,9-10H2,1H3. The third kappa shape index (κ3) is 11.1. The zero-order chi connectivity index (χ0) is 51.0. The van der Waals surface area contributed by atoms with Crippen LogP contribution in [0.2, 0.25) is 0 Å². The molecule has 9 aromatic heterocycles. The fourth-order valence-corrected chi connectivity index (χ4v) is 9.32. The first-order chi connectivity index (χ1) is 36.2. The van der Waals surface area contributed by atoms with E-state index in [9.17, 15) is 14.4 Å². The molecule has 366 valence electrons. The molecular weight excluding hydrogens is 925 g/mol. The van der Waals surface area contributed by atoms with Crippen LogP contribution in [0.4, 0.5) is 0 Å². The molecule has 12 rings (SSSR count). The normalized spacial score (nSPS) is 16.2. The van der Waals surface area contributed by atoms with Gasteiger partial charge < -0.3 is 0 Å². The van der Waals surface area contributed by atoms with Crippen LogP contribution in [-0.2, 0) is 38.9 Å². The fourth-order valence-electron chi connectivity index (χ4n) is 9.32. The van der Waals surface area contributed by atoms with Gasteiger partial charge in [0.15, 0.2) is 16.6 Å². The second kappa shape index (κ2) is 22.2. The number of rotatable bonds is 2. The Kier molecular flexibility index (Phi) is 14.6. The van der Waals surface area contributed by atoms with Crippen LogP contribution in [0.25, 0.3) is 33.1 Å². The number of hydrogen-bond acceptors (Lipinski definition) is 12. The molecule has 0 spiro atoms. The van der Waals surface area contributed by atoms with E-state index in [1.54, 1.807) is 50.9 Å². The van der Waals surface area contributed by atoms with E-state index >= 15 is 0 Å². The fraction of sp³-hybridized carbons (Fsp3) is 0.288. The van der Waals surface area contributed by atoms with Gasteiger partial charge in [-0.3, -0.25) is 28.1 Å². The second-order valence-corrected chi connectivity index (χ2v) is 18.8. The Morgan fingerprint density at radius 1 is 0.486 bits per heavy atom. The molecule has 15 nitrogen and oxygen atoms in total. The van der Waals surface area contributed by atoms with Crippen molar-refractivity contribution in [2.75, 3.05) is 0 Å². The zero-order valence-corrected chi connectivity index (χ0v) is 41.5. The number of nitrogens with zero attached hydrogens (tertiary/aromatic N) is 12. The minimum absolute atomic E-state index is 0.0395. The molecule has 3 aliphatic heterocycles. The number of aryl methyl sites for hydroxylation is 1. The van der Waals surface area contributed by atoms with Crippen LogP contribution in [0, 0.1) is 53.3 Å². The van der Waals surface area contributed by atoms with Crippen LogP contribution in [-0.4, -0.2) is 58.6 Å². The van der Waals surface area contributed by atoms with Gasteiger partial charge in [0.2, 0.25) is 0 Å². The van der Waals surface area contributed by atoms with Crippen molar-refractivity contribution in [3.63, 3.8) is 0 Å². The predicted octanol–water partition coefficient (Wildman–Crippen LogP) is 7.29. The van der Waals surface area contributed by atoms with Gasteiger partial charge in [-0.1, -0.05) is 69.6 Å². The predicted molar refractivity (Wildman–Crippen MR) is 284 cm³/mol. The summed E-state index contributed by atoms with van der Waals surface area (Å²) in [5, 5.41) is 0. The van der Waals surface area contributed by atoms with Crippen molar-refractivity contribution in [3.8, 4) is 35.5 Å². The molecule has 0 aromatic carbocycles. The topological polar surface area (TPSA) is 182 Å². The number of hydrogen-bond donors (Lipinski definition) is 0. The quantitative estimate of drug-likeness (QED) is 0.158. The summed E-state index contributed by atoms with van der Waals surface area (Å²) in [7, 11) is 0. The maximum Gasteiger partial charge on any atom is 0.280 e. The minimum atomic E-state index is -0.0499. The Bertz CT molecular complexity index is 3930. The van der Waals surface area contributed by atoms with Crippen LogP contribution in [0.5, 0.6) is 0 Å². The first kappa shape index (κ1) is 48.6. The molecule has 3 atom stereocenters. The molecule has 0 N–H and O–H groups in total. The van der Waals surface area contributed by atoms with E-state index in [0.29, 0.717) is 67.9 Å². The summed E-state index contributed by atoms with van der Waals surface area (Å²) in [5.74, 6) is 22.4. The van der Waals surface area contributed by atoms with Crippen LogP contribution in [0.3, 0.4) is 0 Å². The maximum absolute atomic E-state index is 12.7. The monoisotopic (exact) mass is 976 g/mol. The molecular formula is C59H52N12O3. The van der Waals surface area contributed by atoms with Crippen LogP contribution < -0.4 is 16.7 Å². The maximum atomic E-state index is 12.7. The minimum Gasteiger partial charge on any atom is -0.295 e. The largest absolute Gasteiger partial charge is 0.295 e. The molecule has 9 aromatic rings. The van der Waals surface area contributed by atoms with Crippen molar-refractivity contribution in [2.45, 2.75) is 91.8 Å². The van der Waals surface area contributed by atoms with E-state index in [-0.39, 0.29) is 16.7 Å². The molecule has 0 aliphatic carbocycles. The molecule has 12 heterocycles. The Balaban J connectivity index is 0.000000127. The number of aromatic nitrogens is 12. The van der Waals surface area contributed by atoms with Gasteiger partial charge in [0.25, 0.3) is 16.7 Å². The van der Waals surface area contributed by atoms with E-state index in [4.69, 9.17) is 4.98 Å². The van der Waals surface area contributed by atoms with Gasteiger partial charge in [-0.15, -0.1) is 0 Å². The summed E-state index contributed by atoms with van der Waals surface area (Å²) in [5.41, 5.74) is 7.29. The first-order valence-electron chi connectivity index (χ1n) is 25.2. The summed E-state index contributed by atoms with van der Waals surface area (Å²) in [6.07, 6.45) is 17.9. The summed E-state index contributed by atoms with van der Waals surface area (Å²) in [4.78, 5) is 77.5. The molecule has 74 heavy (non-hydrogen) atoms. The lowest BCUT2D eigenvalue weighted by Crippen LogP contribution is -2.32. The van der Waals surface area contributed by atoms with Crippen molar-refractivity contribution in [1.29, 1.82) is 0 Å². The third-order valence-corrected chi connectivity index (χ3v) is 13.6. The Hall–Kier alpha value is -9.00. The molecule has 0 saturated heterocycles.